The first-order valence-electron chi connectivity index (χ1n) is 6.94. The summed E-state index contributed by atoms with van der Waals surface area (Å²) in [7, 11) is 0. The summed E-state index contributed by atoms with van der Waals surface area (Å²) in [6.07, 6.45) is 5.02. The number of anilines is 3. The smallest absolute Gasteiger partial charge is 0.249 e. The van der Waals surface area contributed by atoms with Crippen LogP contribution in [-0.2, 0) is 6.54 Å². The fourth-order valence-corrected chi connectivity index (χ4v) is 1.95. The Morgan fingerprint density at radius 2 is 1.91 bits per heavy atom. The van der Waals surface area contributed by atoms with Crippen molar-refractivity contribution < 1.29 is 0 Å². The zero-order valence-electron chi connectivity index (χ0n) is 12.1. The molecule has 0 saturated heterocycles. The first-order chi connectivity index (χ1) is 11.3. The lowest BCUT2D eigenvalue weighted by atomic mass is 10.2. The molecule has 0 bridgehead atoms. The van der Waals surface area contributed by atoms with Crippen molar-refractivity contribution >= 4 is 17.5 Å². The molecule has 0 saturated carbocycles. The van der Waals surface area contributed by atoms with Gasteiger partial charge in [-0.25, -0.2) is 0 Å². The summed E-state index contributed by atoms with van der Waals surface area (Å²) in [4.78, 5) is 8.31. The van der Waals surface area contributed by atoms with Crippen molar-refractivity contribution in [2.24, 2.45) is 0 Å². The van der Waals surface area contributed by atoms with Crippen molar-refractivity contribution in [2.45, 2.75) is 6.54 Å². The monoisotopic (exact) mass is 303 g/mol. The van der Waals surface area contributed by atoms with Gasteiger partial charge >= 0.3 is 0 Å². The molecule has 0 aliphatic rings. The van der Waals surface area contributed by atoms with Crippen LogP contribution >= 0.6 is 0 Å². The number of hydrogen-bond donors (Lipinski definition) is 2. The van der Waals surface area contributed by atoms with Gasteiger partial charge in [0, 0.05) is 18.9 Å². The summed E-state index contributed by atoms with van der Waals surface area (Å²) in [6.45, 7) is 0.607. The molecule has 2 N–H and O–H groups in total. The predicted octanol–water partition coefficient (Wildman–Crippen LogP) is 2.49. The van der Waals surface area contributed by atoms with Gasteiger partial charge in [-0.3, -0.25) is 4.98 Å². The standard InChI is InChI=1S/C16H13N7/c17-9-13-3-1-2-4-14(13)21-16-22-15(11-20-23-16)19-10-12-5-7-18-8-6-12/h1-8,11H,10H2,(H2,19,21,22,23). The Kier molecular flexibility index (Phi) is 4.36. The molecule has 23 heavy (non-hydrogen) atoms. The molecule has 2 heterocycles. The van der Waals surface area contributed by atoms with Gasteiger partial charge in [0.2, 0.25) is 5.95 Å². The zero-order valence-corrected chi connectivity index (χ0v) is 12.1. The van der Waals surface area contributed by atoms with Crippen LogP contribution in [0.3, 0.4) is 0 Å². The van der Waals surface area contributed by atoms with Crippen molar-refractivity contribution in [3.05, 3.63) is 66.1 Å². The van der Waals surface area contributed by atoms with Crippen LogP contribution in [0.5, 0.6) is 0 Å². The van der Waals surface area contributed by atoms with E-state index in [-0.39, 0.29) is 0 Å². The highest BCUT2D eigenvalue weighted by Crippen LogP contribution is 2.17. The number of nitrogens with one attached hydrogen (secondary N) is 2. The minimum atomic E-state index is 0.326. The van der Waals surface area contributed by atoms with Gasteiger partial charge in [0.25, 0.3) is 0 Å². The summed E-state index contributed by atoms with van der Waals surface area (Å²) < 4.78 is 0. The molecule has 0 unspecified atom stereocenters. The lowest BCUT2D eigenvalue weighted by Gasteiger charge is -2.08. The Balaban J connectivity index is 1.71. The molecular weight excluding hydrogens is 290 g/mol. The molecule has 0 aliphatic carbocycles. The van der Waals surface area contributed by atoms with E-state index < -0.39 is 0 Å². The van der Waals surface area contributed by atoms with Gasteiger partial charge in [-0.1, -0.05) is 12.1 Å². The first-order valence-corrected chi connectivity index (χ1v) is 6.94. The van der Waals surface area contributed by atoms with Crippen LogP contribution in [0, 0.1) is 11.3 Å². The number of pyridine rings is 1. The molecule has 0 amide bonds. The Hall–Kier alpha value is -3.53. The molecule has 0 atom stereocenters. The van der Waals surface area contributed by atoms with Gasteiger partial charge in [-0.2, -0.15) is 15.3 Å². The van der Waals surface area contributed by atoms with Crippen LogP contribution in [-0.4, -0.2) is 20.2 Å². The van der Waals surface area contributed by atoms with Crippen molar-refractivity contribution in [3.8, 4) is 6.07 Å². The van der Waals surface area contributed by atoms with E-state index in [0.29, 0.717) is 29.6 Å². The maximum Gasteiger partial charge on any atom is 0.249 e. The van der Waals surface area contributed by atoms with Gasteiger partial charge < -0.3 is 10.6 Å². The van der Waals surface area contributed by atoms with E-state index in [2.05, 4.69) is 36.9 Å². The number of para-hydroxylation sites is 1. The average molecular weight is 303 g/mol. The molecule has 0 fully saturated rings. The Morgan fingerprint density at radius 3 is 2.74 bits per heavy atom. The Bertz CT molecular complexity index is 827. The van der Waals surface area contributed by atoms with Gasteiger partial charge in [-0.05, 0) is 29.8 Å². The molecule has 2 aromatic heterocycles. The first kappa shape index (κ1) is 14.4. The lowest BCUT2D eigenvalue weighted by molar-refractivity contribution is 0.965. The third-order valence-electron chi connectivity index (χ3n) is 3.08. The quantitative estimate of drug-likeness (QED) is 0.747. The molecule has 0 spiro atoms. The van der Waals surface area contributed by atoms with Crippen LogP contribution < -0.4 is 10.6 Å². The van der Waals surface area contributed by atoms with E-state index in [1.165, 1.54) is 0 Å². The SMILES string of the molecule is N#Cc1ccccc1Nc1nncc(NCc2ccncc2)n1. The summed E-state index contributed by atoms with van der Waals surface area (Å²) in [5, 5.41) is 23.1. The highest BCUT2D eigenvalue weighted by atomic mass is 15.3. The largest absolute Gasteiger partial charge is 0.365 e. The minimum absolute atomic E-state index is 0.326. The van der Waals surface area contributed by atoms with Crippen molar-refractivity contribution in [1.29, 1.82) is 5.26 Å². The number of rotatable bonds is 5. The normalized spacial score (nSPS) is 9.87. The van der Waals surface area contributed by atoms with E-state index in [4.69, 9.17) is 5.26 Å². The summed E-state index contributed by atoms with van der Waals surface area (Å²) in [6, 6.07) is 13.1. The number of aromatic nitrogens is 4. The Morgan fingerprint density at radius 1 is 1.09 bits per heavy atom. The second-order valence-corrected chi connectivity index (χ2v) is 4.66. The molecule has 3 aromatic rings. The lowest BCUT2D eigenvalue weighted by Crippen LogP contribution is -2.06. The van der Waals surface area contributed by atoms with Gasteiger partial charge in [-0.15, -0.1) is 5.10 Å². The highest BCUT2D eigenvalue weighted by Gasteiger charge is 2.05. The van der Waals surface area contributed by atoms with Gasteiger partial charge in [0.05, 0.1) is 17.4 Å². The maximum atomic E-state index is 9.10. The second kappa shape index (κ2) is 6.95. The van der Waals surface area contributed by atoms with E-state index >= 15 is 0 Å². The van der Waals surface area contributed by atoms with Crippen LogP contribution in [0.4, 0.5) is 17.5 Å². The van der Waals surface area contributed by atoms with E-state index in [9.17, 15) is 0 Å². The third-order valence-corrected chi connectivity index (χ3v) is 3.08. The summed E-state index contributed by atoms with van der Waals surface area (Å²) in [5.74, 6) is 0.918. The fourth-order valence-electron chi connectivity index (χ4n) is 1.95. The fraction of sp³-hybridized carbons (Fsp3) is 0.0625. The molecular formula is C16H13N7. The number of benzene rings is 1. The highest BCUT2D eigenvalue weighted by molar-refractivity contribution is 5.63. The third kappa shape index (κ3) is 3.77. The second-order valence-electron chi connectivity index (χ2n) is 4.66. The Labute approximate surface area is 133 Å². The van der Waals surface area contributed by atoms with Crippen LogP contribution in [0.2, 0.25) is 0 Å². The van der Waals surface area contributed by atoms with E-state index in [0.717, 1.165) is 5.56 Å². The van der Waals surface area contributed by atoms with Gasteiger partial charge in [0.15, 0.2) is 5.82 Å². The van der Waals surface area contributed by atoms with Crippen molar-refractivity contribution in [2.75, 3.05) is 10.6 Å². The molecule has 0 radical (unpaired) electrons. The van der Waals surface area contributed by atoms with Crippen molar-refractivity contribution in [3.63, 3.8) is 0 Å². The molecule has 7 heteroatoms. The van der Waals surface area contributed by atoms with E-state index in [1.54, 1.807) is 36.8 Å². The van der Waals surface area contributed by atoms with Crippen LogP contribution in [0.1, 0.15) is 11.1 Å². The maximum absolute atomic E-state index is 9.10. The van der Waals surface area contributed by atoms with Crippen LogP contribution in [0.15, 0.2) is 55.0 Å². The zero-order chi connectivity index (χ0) is 15.9. The molecule has 3 rings (SSSR count). The number of hydrogen-bond acceptors (Lipinski definition) is 7. The molecule has 112 valence electrons. The summed E-state index contributed by atoms with van der Waals surface area (Å²) >= 11 is 0. The molecule has 0 aliphatic heterocycles. The summed E-state index contributed by atoms with van der Waals surface area (Å²) in [5.41, 5.74) is 2.25. The minimum Gasteiger partial charge on any atom is -0.365 e. The number of nitriles is 1. The molecule has 7 nitrogen and oxygen atoms in total. The number of nitrogens with zero attached hydrogens (tertiary/aromatic N) is 5. The van der Waals surface area contributed by atoms with Gasteiger partial charge in [0.1, 0.15) is 6.07 Å². The average Bonchev–Trinajstić information content (AvgIpc) is 2.62. The topological polar surface area (TPSA) is 99.4 Å². The van der Waals surface area contributed by atoms with E-state index in [1.807, 2.05) is 18.2 Å². The van der Waals surface area contributed by atoms with Crippen molar-refractivity contribution in [1.82, 2.24) is 20.2 Å². The predicted molar refractivity (Wildman–Crippen MR) is 85.8 cm³/mol. The van der Waals surface area contributed by atoms with Crippen LogP contribution in [0.25, 0.3) is 0 Å². The molecule has 1 aromatic carbocycles.